The van der Waals surface area contributed by atoms with Crippen LogP contribution in [0.5, 0.6) is 34.5 Å². The molecular weight excluding hydrogens is 404 g/mol. The maximum absolute atomic E-state index is 11.3. The molecule has 0 bridgehead atoms. The van der Waals surface area contributed by atoms with E-state index >= 15 is 0 Å². The Hall–Kier alpha value is -2.84. The molecule has 0 amide bonds. The largest absolute Gasteiger partial charge is 0.502 e. The Morgan fingerprint density at radius 3 is 1.48 bits per heavy atom. The normalized spacial score (nSPS) is 22.5. The van der Waals surface area contributed by atoms with Crippen molar-refractivity contribution in [1.82, 2.24) is 0 Å². The molecule has 2 aromatic rings. The van der Waals surface area contributed by atoms with Gasteiger partial charge in [0.2, 0.25) is 11.5 Å². The maximum Gasteiger partial charge on any atom is 0.203 e. The van der Waals surface area contributed by atoms with Gasteiger partial charge in [-0.1, -0.05) is 0 Å². The van der Waals surface area contributed by atoms with Crippen molar-refractivity contribution in [1.29, 1.82) is 0 Å². The number of hydrogen-bond donors (Lipinski definition) is 3. The molecule has 170 valence electrons. The van der Waals surface area contributed by atoms with Crippen molar-refractivity contribution in [2.24, 2.45) is 0 Å². The summed E-state index contributed by atoms with van der Waals surface area (Å²) in [6, 6.07) is 3.36. The molecule has 1 aliphatic carbocycles. The molecule has 0 fully saturated rings. The first-order valence-corrected chi connectivity index (χ1v) is 9.80. The monoisotopic (exact) mass is 434 g/mol. The van der Waals surface area contributed by atoms with Crippen molar-refractivity contribution in [3.05, 3.63) is 23.3 Å². The first-order valence-electron chi connectivity index (χ1n) is 9.80. The van der Waals surface area contributed by atoms with E-state index in [4.69, 9.17) is 23.7 Å². The summed E-state index contributed by atoms with van der Waals surface area (Å²) in [6.07, 6.45) is 0.153. The van der Waals surface area contributed by atoms with Gasteiger partial charge in [0, 0.05) is 24.0 Å². The number of ether oxygens (including phenoxy) is 5. The van der Waals surface area contributed by atoms with E-state index in [9.17, 15) is 15.3 Å². The topological polar surface area (TPSA) is 107 Å². The van der Waals surface area contributed by atoms with Gasteiger partial charge in [0.25, 0.3) is 0 Å². The number of benzene rings is 2. The van der Waals surface area contributed by atoms with Crippen molar-refractivity contribution in [2.45, 2.75) is 37.9 Å². The highest BCUT2D eigenvalue weighted by atomic mass is 16.5. The van der Waals surface area contributed by atoms with Gasteiger partial charge in [0.05, 0.1) is 46.8 Å². The molecule has 2 atom stereocenters. The van der Waals surface area contributed by atoms with Gasteiger partial charge in [0.1, 0.15) is 0 Å². The van der Waals surface area contributed by atoms with E-state index in [1.807, 2.05) is 0 Å². The molecule has 0 saturated heterocycles. The lowest BCUT2D eigenvalue weighted by Gasteiger charge is -2.42. The number of phenols is 1. The lowest BCUT2D eigenvalue weighted by Crippen LogP contribution is -2.53. The van der Waals surface area contributed by atoms with Crippen LogP contribution in [0.1, 0.15) is 25.0 Å². The third-order valence-corrected chi connectivity index (χ3v) is 6.12. The summed E-state index contributed by atoms with van der Waals surface area (Å²) in [4.78, 5) is 0. The number of aliphatic hydroxyl groups is 2. The minimum Gasteiger partial charge on any atom is -0.502 e. The Morgan fingerprint density at radius 1 is 0.645 bits per heavy atom. The van der Waals surface area contributed by atoms with Gasteiger partial charge in [-0.15, -0.1) is 0 Å². The smallest absolute Gasteiger partial charge is 0.203 e. The van der Waals surface area contributed by atoms with E-state index in [2.05, 4.69) is 0 Å². The molecule has 3 rings (SSSR count). The van der Waals surface area contributed by atoms with Gasteiger partial charge in [0.15, 0.2) is 23.0 Å². The SMILES string of the molecule is COc1cc2c(c(OC)c1O)-c1c(cc(OC)c(OC)c1OC)C[C@](C)(O)[C@](C)(O)C2. The Balaban J connectivity index is 2.56. The van der Waals surface area contributed by atoms with E-state index in [-0.39, 0.29) is 30.1 Å². The van der Waals surface area contributed by atoms with Crippen LogP contribution in [-0.4, -0.2) is 62.1 Å². The number of rotatable bonds is 5. The van der Waals surface area contributed by atoms with Crippen molar-refractivity contribution < 1.29 is 39.0 Å². The minimum absolute atomic E-state index is 0.0687. The summed E-state index contributed by atoms with van der Waals surface area (Å²) < 4.78 is 27.7. The summed E-state index contributed by atoms with van der Waals surface area (Å²) in [5, 5.41) is 33.3. The molecule has 0 saturated carbocycles. The van der Waals surface area contributed by atoms with E-state index in [1.165, 1.54) is 35.5 Å². The lowest BCUT2D eigenvalue weighted by atomic mass is 9.72. The third-order valence-electron chi connectivity index (χ3n) is 6.12. The van der Waals surface area contributed by atoms with Gasteiger partial charge in [-0.25, -0.2) is 0 Å². The molecular formula is C23H30O8. The fourth-order valence-corrected chi connectivity index (χ4v) is 4.19. The minimum atomic E-state index is -1.51. The van der Waals surface area contributed by atoms with E-state index in [0.29, 0.717) is 39.5 Å². The van der Waals surface area contributed by atoms with Crippen LogP contribution >= 0.6 is 0 Å². The second kappa shape index (κ2) is 8.01. The molecule has 0 radical (unpaired) electrons. The highest BCUT2D eigenvalue weighted by molar-refractivity contribution is 5.88. The van der Waals surface area contributed by atoms with Crippen LogP contribution in [-0.2, 0) is 12.8 Å². The molecule has 0 aliphatic heterocycles. The van der Waals surface area contributed by atoms with Crippen LogP contribution < -0.4 is 23.7 Å². The Labute approximate surface area is 181 Å². The lowest BCUT2D eigenvalue weighted by molar-refractivity contribution is -0.129. The number of hydrogen-bond acceptors (Lipinski definition) is 8. The van der Waals surface area contributed by atoms with Crippen molar-refractivity contribution >= 4 is 0 Å². The zero-order valence-electron chi connectivity index (χ0n) is 19.0. The number of methoxy groups -OCH3 is 5. The zero-order chi connectivity index (χ0) is 23.1. The van der Waals surface area contributed by atoms with Gasteiger partial charge in [-0.3, -0.25) is 0 Å². The average Bonchev–Trinajstić information content (AvgIpc) is 2.72. The Bertz CT molecular complexity index is 994. The summed E-state index contributed by atoms with van der Waals surface area (Å²) >= 11 is 0. The molecule has 2 aromatic carbocycles. The second-order valence-corrected chi connectivity index (χ2v) is 8.08. The molecule has 0 aromatic heterocycles. The fourth-order valence-electron chi connectivity index (χ4n) is 4.19. The second-order valence-electron chi connectivity index (χ2n) is 8.08. The fraction of sp³-hybridized carbons (Fsp3) is 0.478. The third kappa shape index (κ3) is 3.49. The molecule has 0 heterocycles. The predicted octanol–water partition coefficient (Wildman–Crippen LogP) is 2.70. The number of phenolic OH excluding ortho intramolecular Hbond substituents is 1. The van der Waals surface area contributed by atoms with Gasteiger partial charge >= 0.3 is 0 Å². The quantitative estimate of drug-likeness (QED) is 0.660. The van der Waals surface area contributed by atoms with Crippen LogP contribution in [0.15, 0.2) is 12.1 Å². The van der Waals surface area contributed by atoms with Crippen molar-refractivity contribution in [2.75, 3.05) is 35.5 Å². The highest BCUT2D eigenvalue weighted by Crippen LogP contribution is 2.56. The average molecular weight is 434 g/mol. The molecule has 31 heavy (non-hydrogen) atoms. The molecule has 1 aliphatic rings. The highest BCUT2D eigenvalue weighted by Gasteiger charge is 2.46. The summed E-state index contributed by atoms with van der Waals surface area (Å²) in [6.45, 7) is 3.16. The molecule has 0 unspecified atom stereocenters. The van der Waals surface area contributed by atoms with Crippen LogP contribution in [0.4, 0.5) is 0 Å². The molecule has 3 N–H and O–H groups in total. The molecule has 8 nitrogen and oxygen atoms in total. The van der Waals surface area contributed by atoms with Crippen LogP contribution in [0.3, 0.4) is 0 Å². The van der Waals surface area contributed by atoms with E-state index in [1.54, 1.807) is 26.0 Å². The maximum atomic E-state index is 11.3. The summed E-state index contributed by atoms with van der Waals surface area (Å²) in [5.41, 5.74) is -0.688. The van der Waals surface area contributed by atoms with Gasteiger partial charge in [-0.2, -0.15) is 0 Å². The van der Waals surface area contributed by atoms with Crippen LogP contribution in [0.2, 0.25) is 0 Å². The summed E-state index contributed by atoms with van der Waals surface area (Å²) in [5.74, 6) is 1.30. The van der Waals surface area contributed by atoms with Gasteiger partial charge < -0.3 is 39.0 Å². The van der Waals surface area contributed by atoms with Crippen LogP contribution in [0, 0.1) is 0 Å². The number of fused-ring (bicyclic) bond motifs is 3. The van der Waals surface area contributed by atoms with Crippen molar-refractivity contribution in [3.8, 4) is 45.6 Å². The molecule has 0 spiro atoms. The van der Waals surface area contributed by atoms with E-state index in [0.717, 1.165) is 0 Å². The predicted molar refractivity (Wildman–Crippen MR) is 115 cm³/mol. The first kappa shape index (κ1) is 22.8. The Kier molecular flexibility index (Phi) is 5.90. The van der Waals surface area contributed by atoms with Gasteiger partial charge in [-0.05, 0) is 37.1 Å². The standard InChI is InChI=1S/C23H30O8/c1-22(25)10-12-8-14(27-3)18(24)20(30-6)16(12)17-13(11-23(22,2)26)9-15(28-4)19(29-5)21(17)31-7/h8-9,24-26H,10-11H2,1-7H3/t22-,23+/m1/s1. The molecule has 8 heteroatoms. The summed E-state index contributed by atoms with van der Waals surface area (Å²) in [7, 11) is 7.38. The first-order chi connectivity index (χ1) is 14.6. The number of aromatic hydroxyl groups is 1. The van der Waals surface area contributed by atoms with Crippen LogP contribution in [0.25, 0.3) is 11.1 Å². The Morgan fingerprint density at radius 2 is 1.06 bits per heavy atom. The van der Waals surface area contributed by atoms with E-state index < -0.39 is 11.2 Å². The van der Waals surface area contributed by atoms with Crippen molar-refractivity contribution in [3.63, 3.8) is 0 Å². The zero-order valence-corrected chi connectivity index (χ0v) is 19.0.